The van der Waals surface area contributed by atoms with Crippen molar-refractivity contribution in [3.05, 3.63) is 71.9 Å². The number of hydrogen-bond donors (Lipinski definition) is 0. The molecule has 3 aromatic rings. The lowest BCUT2D eigenvalue weighted by Gasteiger charge is -2.07. The lowest BCUT2D eigenvalue weighted by Crippen LogP contribution is -2.00. The van der Waals surface area contributed by atoms with E-state index in [9.17, 15) is 4.79 Å². The fourth-order valence-corrected chi connectivity index (χ4v) is 3.42. The van der Waals surface area contributed by atoms with E-state index in [0.29, 0.717) is 13.2 Å². The summed E-state index contributed by atoms with van der Waals surface area (Å²) >= 11 is 0. The van der Waals surface area contributed by atoms with E-state index in [-0.39, 0.29) is 5.97 Å². The average molecular weight is 347 g/mol. The molecule has 0 bridgehead atoms. The molecule has 1 aromatic heterocycles. The first-order chi connectivity index (χ1) is 12.7. The van der Waals surface area contributed by atoms with Crippen molar-refractivity contribution < 1.29 is 14.3 Å². The molecule has 0 aliphatic carbocycles. The highest BCUT2D eigenvalue weighted by Gasteiger charge is 2.20. The number of esters is 1. The molecule has 0 unspecified atom stereocenters. The minimum Gasteiger partial charge on any atom is -0.489 e. The Morgan fingerprint density at radius 1 is 1.15 bits per heavy atom. The second-order valence-corrected chi connectivity index (χ2v) is 6.35. The third-order valence-electron chi connectivity index (χ3n) is 4.63. The summed E-state index contributed by atoms with van der Waals surface area (Å²) in [5.41, 5.74) is 4.44. The van der Waals surface area contributed by atoms with Crippen molar-refractivity contribution in [3.8, 4) is 5.75 Å². The highest BCUT2D eigenvalue weighted by molar-refractivity contribution is 5.95. The summed E-state index contributed by atoms with van der Waals surface area (Å²) in [5.74, 6) is 0.578. The smallest absolute Gasteiger partial charge is 0.331 e. The predicted molar refractivity (Wildman–Crippen MR) is 102 cm³/mol. The molecule has 0 atom stereocenters. The van der Waals surface area contributed by atoms with Crippen LogP contribution in [0.15, 0.2) is 60.7 Å². The van der Waals surface area contributed by atoms with Crippen LogP contribution < -0.4 is 4.74 Å². The molecule has 2 aromatic carbocycles. The number of rotatable bonds is 5. The molecule has 2 heterocycles. The van der Waals surface area contributed by atoms with Crippen LogP contribution in [0.25, 0.3) is 16.5 Å². The second-order valence-electron chi connectivity index (χ2n) is 6.35. The van der Waals surface area contributed by atoms with Crippen molar-refractivity contribution in [3.63, 3.8) is 0 Å². The van der Waals surface area contributed by atoms with Crippen LogP contribution in [0.2, 0.25) is 0 Å². The Bertz CT molecular complexity index is 970. The largest absolute Gasteiger partial charge is 0.489 e. The Morgan fingerprint density at radius 2 is 2.00 bits per heavy atom. The van der Waals surface area contributed by atoms with E-state index in [2.05, 4.69) is 34.9 Å². The van der Waals surface area contributed by atoms with Gasteiger partial charge in [0, 0.05) is 29.2 Å². The van der Waals surface area contributed by atoms with Crippen molar-refractivity contribution in [1.29, 1.82) is 0 Å². The molecule has 4 rings (SSSR count). The lowest BCUT2D eigenvalue weighted by molar-refractivity contribution is -0.137. The number of carbonyl (C=O) groups is 1. The van der Waals surface area contributed by atoms with Gasteiger partial charge in [0.1, 0.15) is 12.4 Å². The zero-order valence-electron chi connectivity index (χ0n) is 14.8. The zero-order valence-corrected chi connectivity index (χ0v) is 14.8. The van der Waals surface area contributed by atoms with E-state index in [1.54, 1.807) is 6.08 Å². The van der Waals surface area contributed by atoms with Crippen molar-refractivity contribution in [1.82, 2.24) is 4.57 Å². The summed E-state index contributed by atoms with van der Waals surface area (Å²) in [6, 6.07) is 18.4. The summed E-state index contributed by atoms with van der Waals surface area (Å²) in [6.45, 7) is 3.65. The van der Waals surface area contributed by atoms with E-state index in [1.807, 2.05) is 31.2 Å². The Morgan fingerprint density at radius 3 is 2.81 bits per heavy atom. The molecule has 0 saturated heterocycles. The fourth-order valence-electron chi connectivity index (χ4n) is 3.42. The SMILES string of the molecule is CCOC(=O)C=C1CCn2c1cc1cc(OCc3ccccc3)ccc12. The monoisotopic (exact) mass is 347 g/mol. The number of aryl methyl sites for hydroxylation is 1. The molecule has 0 N–H and O–H groups in total. The van der Waals surface area contributed by atoms with Gasteiger partial charge in [0.2, 0.25) is 0 Å². The summed E-state index contributed by atoms with van der Waals surface area (Å²) in [5, 5.41) is 1.13. The molecule has 0 spiro atoms. The Balaban J connectivity index is 1.57. The number of aromatic nitrogens is 1. The summed E-state index contributed by atoms with van der Waals surface area (Å²) in [7, 11) is 0. The van der Waals surface area contributed by atoms with Crippen LogP contribution in [-0.2, 0) is 22.7 Å². The van der Waals surface area contributed by atoms with Crippen LogP contribution >= 0.6 is 0 Å². The van der Waals surface area contributed by atoms with Crippen LogP contribution in [0.4, 0.5) is 0 Å². The van der Waals surface area contributed by atoms with Gasteiger partial charge in [-0.15, -0.1) is 0 Å². The van der Waals surface area contributed by atoms with Gasteiger partial charge in [0.25, 0.3) is 0 Å². The topological polar surface area (TPSA) is 40.5 Å². The van der Waals surface area contributed by atoms with Crippen LogP contribution in [0, 0.1) is 0 Å². The van der Waals surface area contributed by atoms with Crippen LogP contribution in [0.3, 0.4) is 0 Å². The van der Waals surface area contributed by atoms with Crippen molar-refractivity contribution in [2.45, 2.75) is 26.5 Å². The van der Waals surface area contributed by atoms with Gasteiger partial charge in [-0.1, -0.05) is 30.3 Å². The Hall–Kier alpha value is -3.01. The highest BCUT2D eigenvalue weighted by atomic mass is 16.5. The summed E-state index contributed by atoms with van der Waals surface area (Å²) < 4.78 is 13.2. The van der Waals surface area contributed by atoms with Crippen molar-refractivity contribution in [2.75, 3.05) is 6.61 Å². The molecule has 0 fully saturated rings. The first-order valence-electron chi connectivity index (χ1n) is 8.92. The molecule has 26 heavy (non-hydrogen) atoms. The first kappa shape index (κ1) is 16.5. The third kappa shape index (κ3) is 3.23. The van der Waals surface area contributed by atoms with E-state index in [4.69, 9.17) is 9.47 Å². The van der Waals surface area contributed by atoms with Gasteiger partial charge in [-0.2, -0.15) is 0 Å². The molecule has 0 amide bonds. The van der Waals surface area contributed by atoms with Crippen molar-refractivity contribution >= 4 is 22.4 Å². The maximum absolute atomic E-state index is 11.8. The number of fused-ring (bicyclic) bond motifs is 3. The van der Waals surface area contributed by atoms with Gasteiger partial charge in [0.05, 0.1) is 6.61 Å². The molecule has 1 aliphatic heterocycles. The lowest BCUT2D eigenvalue weighted by atomic mass is 10.1. The molecule has 4 nitrogen and oxygen atoms in total. The van der Waals surface area contributed by atoms with E-state index in [0.717, 1.165) is 40.9 Å². The maximum atomic E-state index is 11.8. The molecule has 0 saturated carbocycles. The van der Waals surface area contributed by atoms with Gasteiger partial charge < -0.3 is 14.0 Å². The van der Waals surface area contributed by atoms with Gasteiger partial charge in [-0.25, -0.2) is 4.79 Å². The van der Waals surface area contributed by atoms with Gasteiger partial charge in [-0.3, -0.25) is 0 Å². The minimum absolute atomic E-state index is 0.270. The number of nitrogens with zero attached hydrogens (tertiary/aromatic N) is 1. The van der Waals surface area contributed by atoms with Gasteiger partial charge in [0.15, 0.2) is 0 Å². The molecule has 4 heteroatoms. The number of hydrogen-bond acceptors (Lipinski definition) is 3. The third-order valence-corrected chi connectivity index (χ3v) is 4.63. The zero-order chi connectivity index (χ0) is 17.9. The van der Waals surface area contributed by atoms with E-state index in [1.165, 1.54) is 5.52 Å². The fraction of sp³-hybridized carbons (Fsp3) is 0.227. The second kappa shape index (κ2) is 7.08. The molecule has 1 aliphatic rings. The highest BCUT2D eigenvalue weighted by Crippen LogP contribution is 2.35. The minimum atomic E-state index is -0.270. The molecule has 0 radical (unpaired) electrons. The number of ether oxygens (including phenoxy) is 2. The molecule has 132 valence electrons. The summed E-state index contributed by atoms with van der Waals surface area (Å²) in [6.07, 6.45) is 2.48. The average Bonchev–Trinajstić information content (AvgIpc) is 3.20. The maximum Gasteiger partial charge on any atom is 0.331 e. The Labute approximate surface area is 152 Å². The van der Waals surface area contributed by atoms with Gasteiger partial charge in [-0.05, 0) is 48.7 Å². The van der Waals surface area contributed by atoms with Gasteiger partial charge >= 0.3 is 5.97 Å². The normalized spacial score (nSPS) is 14.6. The van der Waals surface area contributed by atoms with Crippen LogP contribution in [0.1, 0.15) is 24.6 Å². The predicted octanol–water partition coefficient (Wildman–Crippen LogP) is 4.57. The van der Waals surface area contributed by atoms with E-state index >= 15 is 0 Å². The quantitative estimate of drug-likeness (QED) is 0.501. The van der Waals surface area contributed by atoms with Crippen LogP contribution in [0.5, 0.6) is 5.75 Å². The Kier molecular flexibility index (Phi) is 4.48. The standard InChI is InChI=1S/C22H21NO3/c1-2-25-22(24)14-17-10-11-23-20-9-8-19(12-18(20)13-21(17)23)26-15-16-6-4-3-5-7-16/h3-9,12-14H,2,10-11,15H2,1H3. The molecular formula is C22H21NO3. The van der Waals surface area contributed by atoms with E-state index < -0.39 is 0 Å². The molecular weight excluding hydrogens is 326 g/mol. The van der Waals surface area contributed by atoms with Crippen LogP contribution in [-0.4, -0.2) is 17.1 Å². The number of carbonyl (C=O) groups excluding carboxylic acids is 1. The van der Waals surface area contributed by atoms with Crippen molar-refractivity contribution in [2.24, 2.45) is 0 Å². The number of allylic oxidation sites excluding steroid dienone is 1. The summed E-state index contributed by atoms with van der Waals surface area (Å²) in [4.78, 5) is 11.8. The number of benzene rings is 2. The first-order valence-corrected chi connectivity index (χ1v) is 8.92.